The molecule has 0 aromatic heterocycles. The Hall–Kier alpha value is -1.57. The van der Waals surface area contributed by atoms with Crippen molar-refractivity contribution in [3.63, 3.8) is 0 Å². The molecule has 126 valence electrons. The second kappa shape index (κ2) is 8.90. The van der Waals surface area contributed by atoms with Gasteiger partial charge in [0.15, 0.2) is 11.4 Å². The van der Waals surface area contributed by atoms with E-state index in [4.69, 9.17) is 4.74 Å². The zero-order valence-electron chi connectivity index (χ0n) is 14.6. The van der Waals surface area contributed by atoms with Gasteiger partial charge < -0.3 is 4.74 Å². The summed E-state index contributed by atoms with van der Waals surface area (Å²) in [6.07, 6.45) is 12.9. The molecular formula is C21H30O2. The first-order chi connectivity index (χ1) is 11.2. The van der Waals surface area contributed by atoms with Crippen molar-refractivity contribution >= 4 is 11.9 Å². The predicted molar refractivity (Wildman–Crippen MR) is 96.1 cm³/mol. The molecule has 2 rings (SSSR count). The van der Waals surface area contributed by atoms with Gasteiger partial charge in [0.1, 0.15) is 0 Å². The van der Waals surface area contributed by atoms with E-state index in [-0.39, 0.29) is 5.78 Å². The molecule has 1 heterocycles. The Morgan fingerprint density at radius 1 is 0.957 bits per heavy atom. The Kier molecular flexibility index (Phi) is 6.88. The Morgan fingerprint density at radius 2 is 1.57 bits per heavy atom. The molecule has 0 saturated carbocycles. The molecule has 2 nitrogen and oxygen atoms in total. The van der Waals surface area contributed by atoms with Crippen LogP contribution in [0, 0.1) is 0 Å². The van der Waals surface area contributed by atoms with Gasteiger partial charge in [0.05, 0.1) is 0 Å². The number of Topliss-reactive ketones (excluding diaryl/α,β-unsaturated/α-hetero) is 1. The SMILES string of the molecule is CCCCCCCCCCC1(C)O/C(=C\c2ccccc2)C1=O. The van der Waals surface area contributed by atoms with Gasteiger partial charge in [-0.15, -0.1) is 0 Å². The number of benzene rings is 1. The molecule has 23 heavy (non-hydrogen) atoms. The minimum Gasteiger partial charge on any atom is -0.475 e. The number of carbonyl (C=O) groups is 1. The fraction of sp³-hybridized carbons (Fsp3) is 0.571. The molecule has 2 heteroatoms. The fourth-order valence-corrected chi connectivity index (χ4v) is 3.11. The van der Waals surface area contributed by atoms with Crippen LogP contribution in [0.15, 0.2) is 36.1 Å². The van der Waals surface area contributed by atoms with Gasteiger partial charge in [-0.2, -0.15) is 0 Å². The van der Waals surface area contributed by atoms with Crippen LogP contribution >= 0.6 is 0 Å². The summed E-state index contributed by atoms with van der Waals surface area (Å²) in [5.41, 5.74) is 0.438. The van der Waals surface area contributed by atoms with Crippen LogP contribution in [0.4, 0.5) is 0 Å². The van der Waals surface area contributed by atoms with E-state index in [1.807, 2.05) is 43.3 Å². The van der Waals surface area contributed by atoms with Gasteiger partial charge in [0.2, 0.25) is 5.78 Å². The summed E-state index contributed by atoms with van der Waals surface area (Å²) in [6.45, 7) is 4.18. The van der Waals surface area contributed by atoms with E-state index in [0.717, 1.165) is 18.4 Å². The third-order valence-corrected chi connectivity index (χ3v) is 4.64. The van der Waals surface area contributed by atoms with E-state index in [1.54, 1.807) is 0 Å². The summed E-state index contributed by atoms with van der Waals surface area (Å²) in [7, 11) is 0. The zero-order chi connectivity index (χ0) is 16.5. The first-order valence-electron chi connectivity index (χ1n) is 9.16. The minimum atomic E-state index is -0.581. The maximum atomic E-state index is 12.3. The number of ketones is 1. The average Bonchev–Trinajstić information content (AvgIpc) is 2.57. The van der Waals surface area contributed by atoms with Gasteiger partial charge in [0.25, 0.3) is 0 Å². The first kappa shape index (κ1) is 17.8. The van der Waals surface area contributed by atoms with E-state index < -0.39 is 5.60 Å². The summed E-state index contributed by atoms with van der Waals surface area (Å²) in [4.78, 5) is 12.3. The lowest BCUT2D eigenvalue weighted by atomic mass is 9.86. The highest BCUT2D eigenvalue weighted by Crippen LogP contribution is 2.37. The van der Waals surface area contributed by atoms with Crippen LogP contribution < -0.4 is 0 Å². The van der Waals surface area contributed by atoms with E-state index in [1.165, 1.54) is 44.9 Å². The lowest BCUT2D eigenvalue weighted by molar-refractivity contribution is -0.158. The average molecular weight is 314 g/mol. The van der Waals surface area contributed by atoms with Gasteiger partial charge in [-0.1, -0.05) is 82.2 Å². The number of hydrogen-bond acceptors (Lipinski definition) is 2. The van der Waals surface area contributed by atoms with Crippen molar-refractivity contribution in [2.75, 3.05) is 0 Å². The van der Waals surface area contributed by atoms with E-state index in [2.05, 4.69) is 6.92 Å². The molecule has 0 aliphatic carbocycles. The lowest BCUT2D eigenvalue weighted by Gasteiger charge is -2.39. The zero-order valence-corrected chi connectivity index (χ0v) is 14.6. The molecule has 1 fully saturated rings. The maximum Gasteiger partial charge on any atom is 0.240 e. The molecule has 0 amide bonds. The minimum absolute atomic E-state index is 0.157. The summed E-state index contributed by atoms with van der Waals surface area (Å²) in [5.74, 6) is 0.669. The van der Waals surface area contributed by atoms with Crippen molar-refractivity contribution in [1.29, 1.82) is 0 Å². The summed E-state index contributed by atoms with van der Waals surface area (Å²) in [6, 6.07) is 9.87. The highest BCUT2D eigenvalue weighted by atomic mass is 16.5. The standard InChI is InChI=1S/C21H30O2/c1-3-4-5-6-7-8-9-13-16-21(2)20(22)19(23-21)17-18-14-11-10-12-15-18/h10-12,14-15,17H,3-9,13,16H2,1-2H3/b19-17-. The Balaban J connectivity index is 1.65. The van der Waals surface area contributed by atoms with Crippen molar-refractivity contribution in [2.24, 2.45) is 0 Å². The second-order valence-electron chi connectivity index (χ2n) is 6.81. The number of carbonyl (C=O) groups excluding carboxylic acids is 1. The van der Waals surface area contributed by atoms with Crippen LogP contribution in [-0.2, 0) is 9.53 Å². The summed E-state index contributed by atoms with van der Waals surface area (Å²) < 4.78 is 5.81. The van der Waals surface area contributed by atoms with Crippen LogP contribution in [0.3, 0.4) is 0 Å². The van der Waals surface area contributed by atoms with Gasteiger partial charge in [-0.05, 0) is 31.4 Å². The number of unbranched alkanes of at least 4 members (excludes halogenated alkanes) is 7. The van der Waals surface area contributed by atoms with Crippen LogP contribution in [-0.4, -0.2) is 11.4 Å². The molecule has 1 aromatic carbocycles. The van der Waals surface area contributed by atoms with E-state index >= 15 is 0 Å². The number of hydrogen-bond donors (Lipinski definition) is 0. The molecule has 0 bridgehead atoms. The molecule has 0 spiro atoms. The third-order valence-electron chi connectivity index (χ3n) is 4.64. The number of rotatable bonds is 10. The Bertz CT molecular complexity index is 518. The van der Waals surface area contributed by atoms with Gasteiger partial charge in [-0.25, -0.2) is 0 Å². The molecule has 1 saturated heterocycles. The molecule has 1 aromatic rings. The Morgan fingerprint density at radius 3 is 2.17 bits per heavy atom. The van der Waals surface area contributed by atoms with Crippen molar-refractivity contribution in [3.8, 4) is 0 Å². The van der Waals surface area contributed by atoms with E-state index in [0.29, 0.717) is 5.76 Å². The van der Waals surface area contributed by atoms with Crippen molar-refractivity contribution in [3.05, 3.63) is 41.7 Å². The summed E-state index contributed by atoms with van der Waals surface area (Å²) >= 11 is 0. The van der Waals surface area contributed by atoms with Crippen LogP contribution in [0.1, 0.15) is 77.2 Å². The molecule has 0 radical (unpaired) electrons. The van der Waals surface area contributed by atoms with Crippen LogP contribution in [0.2, 0.25) is 0 Å². The topological polar surface area (TPSA) is 26.3 Å². The Labute approximate surface area is 140 Å². The quantitative estimate of drug-likeness (QED) is 0.396. The van der Waals surface area contributed by atoms with Crippen LogP contribution in [0.5, 0.6) is 0 Å². The molecule has 1 atom stereocenters. The normalized spacial score (nSPS) is 22.0. The molecule has 1 aliphatic rings. The largest absolute Gasteiger partial charge is 0.475 e. The van der Waals surface area contributed by atoms with Crippen molar-refractivity contribution in [2.45, 2.75) is 77.2 Å². The van der Waals surface area contributed by atoms with Gasteiger partial charge >= 0.3 is 0 Å². The molecular weight excluding hydrogens is 284 g/mol. The molecule has 1 unspecified atom stereocenters. The molecule has 0 N–H and O–H groups in total. The smallest absolute Gasteiger partial charge is 0.240 e. The van der Waals surface area contributed by atoms with Gasteiger partial charge in [-0.3, -0.25) is 4.79 Å². The monoisotopic (exact) mass is 314 g/mol. The van der Waals surface area contributed by atoms with E-state index in [9.17, 15) is 4.79 Å². The highest BCUT2D eigenvalue weighted by molar-refractivity contribution is 6.08. The van der Waals surface area contributed by atoms with Crippen LogP contribution in [0.25, 0.3) is 6.08 Å². The summed E-state index contributed by atoms with van der Waals surface area (Å²) in [5, 5.41) is 0. The predicted octanol–water partition coefficient (Wildman–Crippen LogP) is 5.92. The third kappa shape index (κ3) is 5.23. The fourth-order valence-electron chi connectivity index (χ4n) is 3.11. The highest BCUT2D eigenvalue weighted by Gasteiger charge is 2.48. The first-order valence-corrected chi connectivity index (χ1v) is 9.16. The number of ether oxygens (including phenoxy) is 1. The van der Waals surface area contributed by atoms with Crippen molar-refractivity contribution < 1.29 is 9.53 Å². The second-order valence-corrected chi connectivity index (χ2v) is 6.81. The van der Waals surface area contributed by atoms with Crippen molar-refractivity contribution in [1.82, 2.24) is 0 Å². The maximum absolute atomic E-state index is 12.3. The van der Waals surface area contributed by atoms with Gasteiger partial charge in [0, 0.05) is 0 Å². The lowest BCUT2D eigenvalue weighted by Crippen LogP contribution is -2.50. The molecule has 1 aliphatic heterocycles.